The van der Waals surface area contributed by atoms with Gasteiger partial charge in [-0.3, -0.25) is 19.6 Å². The zero-order valence-corrected chi connectivity index (χ0v) is 16.3. The topological polar surface area (TPSA) is 99.8 Å². The quantitative estimate of drug-likeness (QED) is 0.445. The van der Waals surface area contributed by atoms with E-state index in [9.17, 15) is 9.59 Å². The summed E-state index contributed by atoms with van der Waals surface area (Å²) in [6, 6.07) is 13.3. The van der Waals surface area contributed by atoms with Crippen LogP contribution < -0.4 is 10.6 Å². The lowest BCUT2D eigenvalue weighted by molar-refractivity contribution is 0.0950. The van der Waals surface area contributed by atoms with Crippen LogP contribution >= 0.6 is 0 Å². The minimum Gasteiger partial charge on any atom is -0.361 e. The molecule has 0 bridgehead atoms. The van der Waals surface area contributed by atoms with Crippen LogP contribution in [0.3, 0.4) is 0 Å². The minimum absolute atomic E-state index is 0.258. The summed E-state index contributed by atoms with van der Waals surface area (Å²) >= 11 is 0. The van der Waals surface area contributed by atoms with E-state index in [1.54, 1.807) is 18.5 Å². The molecule has 4 aromatic rings. The van der Waals surface area contributed by atoms with Gasteiger partial charge in [-0.1, -0.05) is 18.2 Å². The van der Waals surface area contributed by atoms with Gasteiger partial charge in [-0.05, 0) is 41.8 Å². The summed E-state index contributed by atoms with van der Waals surface area (Å²) < 4.78 is 0. The number of amides is 2. The third-order valence-corrected chi connectivity index (χ3v) is 4.82. The van der Waals surface area contributed by atoms with E-state index in [0.717, 1.165) is 22.0 Å². The zero-order chi connectivity index (χ0) is 20.8. The Morgan fingerprint density at radius 1 is 0.900 bits per heavy atom. The molecule has 7 heteroatoms. The van der Waals surface area contributed by atoms with Crippen LogP contribution in [0.15, 0.2) is 73.4 Å². The molecule has 0 unspecified atom stereocenters. The Labute approximate surface area is 173 Å². The number of benzene rings is 1. The maximum atomic E-state index is 12.5. The molecule has 0 spiro atoms. The van der Waals surface area contributed by atoms with Crippen LogP contribution in [0.4, 0.5) is 0 Å². The number of para-hydroxylation sites is 1. The predicted octanol–water partition coefficient (Wildman–Crippen LogP) is 2.86. The molecule has 2 amide bonds. The van der Waals surface area contributed by atoms with Gasteiger partial charge < -0.3 is 15.6 Å². The summed E-state index contributed by atoms with van der Waals surface area (Å²) in [7, 11) is 0. The van der Waals surface area contributed by atoms with Crippen molar-refractivity contribution in [2.24, 2.45) is 0 Å². The number of nitrogens with one attached hydrogen (secondary N) is 3. The van der Waals surface area contributed by atoms with Crippen LogP contribution in [0.25, 0.3) is 10.9 Å². The van der Waals surface area contributed by atoms with Crippen molar-refractivity contribution in [1.29, 1.82) is 0 Å². The molecule has 3 heterocycles. The van der Waals surface area contributed by atoms with Crippen LogP contribution in [0, 0.1) is 0 Å². The third-order valence-electron chi connectivity index (χ3n) is 4.82. The van der Waals surface area contributed by atoms with Crippen molar-refractivity contribution in [2.45, 2.75) is 13.0 Å². The van der Waals surface area contributed by atoms with E-state index in [2.05, 4.69) is 31.7 Å². The molecule has 0 radical (unpaired) electrons. The molecule has 7 nitrogen and oxygen atoms in total. The van der Waals surface area contributed by atoms with Crippen LogP contribution in [-0.4, -0.2) is 33.3 Å². The van der Waals surface area contributed by atoms with Crippen LogP contribution in [0.2, 0.25) is 0 Å². The first-order valence-corrected chi connectivity index (χ1v) is 9.66. The first-order valence-electron chi connectivity index (χ1n) is 9.66. The average molecular weight is 399 g/mol. The SMILES string of the molecule is O=C(NCCc1c[nH]c2ccccc12)c1cncc(C(=O)NCc2ccncc2)c1. The van der Waals surface area contributed by atoms with Crippen molar-refractivity contribution in [2.75, 3.05) is 6.54 Å². The molecule has 1 aromatic carbocycles. The van der Waals surface area contributed by atoms with E-state index in [1.165, 1.54) is 12.4 Å². The summed E-state index contributed by atoms with van der Waals surface area (Å²) in [5, 5.41) is 6.87. The highest BCUT2D eigenvalue weighted by molar-refractivity contribution is 5.99. The minimum atomic E-state index is -0.284. The number of carbonyl (C=O) groups is 2. The molecular weight excluding hydrogens is 378 g/mol. The fourth-order valence-electron chi connectivity index (χ4n) is 3.22. The second-order valence-electron chi connectivity index (χ2n) is 6.87. The second-order valence-corrected chi connectivity index (χ2v) is 6.87. The summed E-state index contributed by atoms with van der Waals surface area (Å²) in [5.41, 5.74) is 3.86. The van der Waals surface area contributed by atoms with E-state index in [-0.39, 0.29) is 11.8 Å². The lowest BCUT2D eigenvalue weighted by Gasteiger charge is -2.08. The highest BCUT2D eigenvalue weighted by Crippen LogP contribution is 2.17. The van der Waals surface area contributed by atoms with Gasteiger partial charge >= 0.3 is 0 Å². The smallest absolute Gasteiger partial charge is 0.253 e. The number of H-pyrrole nitrogens is 1. The second kappa shape index (κ2) is 9.00. The van der Waals surface area contributed by atoms with E-state index < -0.39 is 0 Å². The van der Waals surface area contributed by atoms with Gasteiger partial charge in [0.1, 0.15) is 0 Å². The van der Waals surface area contributed by atoms with Gasteiger partial charge in [0.2, 0.25) is 0 Å². The molecule has 3 aromatic heterocycles. The summed E-state index contributed by atoms with van der Waals surface area (Å²) in [4.78, 5) is 36.1. The zero-order valence-electron chi connectivity index (χ0n) is 16.3. The van der Waals surface area contributed by atoms with Gasteiger partial charge in [0.15, 0.2) is 0 Å². The molecule has 150 valence electrons. The highest BCUT2D eigenvalue weighted by Gasteiger charge is 2.12. The van der Waals surface area contributed by atoms with Crippen molar-refractivity contribution < 1.29 is 9.59 Å². The van der Waals surface area contributed by atoms with Crippen molar-refractivity contribution in [3.63, 3.8) is 0 Å². The largest absolute Gasteiger partial charge is 0.361 e. The van der Waals surface area contributed by atoms with Gasteiger partial charge in [0, 0.05) is 55.0 Å². The molecule has 0 saturated heterocycles. The average Bonchev–Trinajstić information content (AvgIpc) is 3.21. The molecule has 0 fully saturated rings. The molecule has 3 N–H and O–H groups in total. The normalized spacial score (nSPS) is 10.7. The maximum absolute atomic E-state index is 12.5. The monoisotopic (exact) mass is 399 g/mol. The van der Waals surface area contributed by atoms with Gasteiger partial charge in [0.05, 0.1) is 11.1 Å². The highest BCUT2D eigenvalue weighted by atomic mass is 16.2. The molecule has 4 rings (SSSR count). The van der Waals surface area contributed by atoms with Gasteiger partial charge in [-0.25, -0.2) is 0 Å². The van der Waals surface area contributed by atoms with Gasteiger partial charge in [0.25, 0.3) is 11.8 Å². The Kier molecular flexibility index (Phi) is 5.80. The Hall–Kier alpha value is -4.00. The molecule has 0 aliphatic rings. The van der Waals surface area contributed by atoms with Crippen molar-refractivity contribution in [1.82, 2.24) is 25.6 Å². The number of pyridine rings is 2. The lowest BCUT2D eigenvalue weighted by atomic mass is 10.1. The van der Waals surface area contributed by atoms with Crippen LogP contribution in [0.1, 0.15) is 31.8 Å². The molecule has 0 aliphatic heterocycles. The van der Waals surface area contributed by atoms with E-state index >= 15 is 0 Å². The number of aromatic nitrogens is 3. The molecular formula is C23H21N5O2. The number of hydrogen-bond acceptors (Lipinski definition) is 4. The van der Waals surface area contributed by atoms with Gasteiger partial charge in [-0.15, -0.1) is 0 Å². The van der Waals surface area contributed by atoms with Crippen LogP contribution in [0.5, 0.6) is 0 Å². The third kappa shape index (κ3) is 4.52. The molecule has 30 heavy (non-hydrogen) atoms. The summed E-state index contributed by atoms with van der Waals surface area (Å²) in [6.07, 6.45) is 8.92. The first-order chi connectivity index (χ1) is 14.7. The van der Waals surface area contributed by atoms with Crippen LogP contribution in [-0.2, 0) is 13.0 Å². The number of carbonyl (C=O) groups excluding carboxylic acids is 2. The fraction of sp³-hybridized carbons (Fsp3) is 0.130. The number of aromatic amines is 1. The predicted molar refractivity (Wildman–Crippen MR) is 114 cm³/mol. The molecule has 0 aliphatic carbocycles. The molecule has 0 saturated carbocycles. The first kappa shape index (κ1) is 19.3. The van der Waals surface area contributed by atoms with E-state index in [4.69, 9.17) is 0 Å². The Balaban J connectivity index is 1.33. The van der Waals surface area contributed by atoms with Crippen molar-refractivity contribution >= 4 is 22.7 Å². The Morgan fingerprint density at radius 2 is 1.63 bits per heavy atom. The number of nitrogens with zero attached hydrogens (tertiary/aromatic N) is 2. The summed E-state index contributed by atoms with van der Waals surface area (Å²) in [5.74, 6) is -0.543. The van der Waals surface area contributed by atoms with E-state index in [1.807, 2.05) is 36.5 Å². The fourth-order valence-corrected chi connectivity index (χ4v) is 3.22. The standard InChI is InChI=1S/C23H21N5O2/c29-22(26-10-7-17-15-27-21-4-2-1-3-20(17)21)18-11-19(14-25-13-18)23(30)28-12-16-5-8-24-9-6-16/h1-6,8-9,11,13-15,27H,7,10,12H2,(H,26,29)(H,28,30). The van der Waals surface area contributed by atoms with E-state index in [0.29, 0.717) is 30.6 Å². The maximum Gasteiger partial charge on any atom is 0.253 e. The van der Waals surface area contributed by atoms with Crippen molar-refractivity contribution in [3.05, 3.63) is 95.7 Å². The Bertz CT molecular complexity index is 1170. The number of hydrogen-bond donors (Lipinski definition) is 3. The number of rotatable bonds is 7. The Morgan fingerprint density at radius 3 is 2.43 bits per heavy atom. The molecule has 0 atom stereocenters. The van der Waals surface area contributed by atoms with Gasteiger partial charge in [-0.2, -0.15) is 0 Å². The lowest BCUT2D eigenvalue weighted by Crippen LogP contribution is -2.27. The summed E-state index contributed by atoms with van der Waals surface area (Å²) in [6.45, 7) is 0.863. The van der Waals surface area contributed by atoms with Crippen molar-refractivity contribution in [3.8, 4) is 0 Å². The number of fused-ring (bicyclic) bond motifs is 1.